The summed E-state index contributed by atoms with van der Waals surface area (Å²) in [5.41, 5.74) is 1.65. The molecule has 3 atom stereocenters. The van der Waals surface area contributed by atoms with Gasteiger partial charge in [-0.1, -0.05) is 24.4 Å². The topological polar surface area (TPSA) is 68.3 Å². The van der Waals surface area contributed by atoms with Crippen molar-refractivity contribution in [3.05, 3.63) is 28.5 Å². The maximum Gasteiger partial charge on any atom is 0.306 e. The summed E-state index contributed by atoms with van der Waals surface area (Å²) in [7, 11) is -1.20. The van der Waals surface area contributed by atoms with E-state index in [-0.39, 0.29) is 16.8 Å². The van der Waals surface area contributed by atoms with Gasteiger partial charge in [0.2, 0.25) is 0 Å². The highest BCUT2D eigenvalue weighted by atomic mass is 35.5. The van der Waals surface area contributed by atoms with E-state index in [1.807, 2.05) is 47.6 Å². The maximum absolute atomic E-state index is 12.9. The minimum Gasteiger partial charge on any atom is -0.460 e. The summed E-state index contributed by atoms with van der Waals surface area (Å²) < 4.78 is 21.4. The molecule has 0 fully saturated rings. The maximum atomic E-state index is 12.9. The second kappa shape index (κ2) is 11.2. The van der Waals surface area contributed by atoms with Crippen molar-refractivity contribution in [1.29, 1.82) is 0 Å². The zero-order valence-electron chi connectivity index (χ0n) is 19.9. The van der Waals surface area contributed by atoms with Crippen LogP contribution in [0.1, 0.15) is 104 Å². The summed E-state index contributed by atoms with van der Waals surface area (Å²) in [6, 6.07) is 1.89. The van der Waals surface area contributed by atoms with E-state index in [4.69, 9.17) is 16.3 Å². The summed E-state index contributed by atoms with van der Waals surface area (Å²) >= 11 is 6.28. The molecule has 0 aromatic carbocycles. The largest absolute Gasteiger partial charge is 0.460 e. The van der Waals surface area contributed by atoms with Crippen LogP contribution in [0.25, 0.3) is 0 Å². The number of ether oxygens (including phenoxy) is 1. The zero-order valence-corrected chi connectivity index (χ0v) is 21.5. The van der Waals surface area contributed by atoms with Gasteiger partial charge in [0.25, 0.3) is 0 Å². The van der Waals surface area contributed by atoms with Crippen molar-refractivity contribution in [2.75, 3.05) is 0 Å². The van der Waals surface area contributed by atoms with Crippen molar-refractivity contribution in [2.45, 2.75) is 109 Å². The first-order valence-electron chi connectivity index (χ1n) is 11.4. The fourth-order valence-corrected chi connectivity index (χ4v) is 4.88. The highest BCUT2D eigenvalue weighted by Gasteiger charge is 2.27. The van der Waals surface area contributed by atoms with E-state index in [0.717, 1.165) is 56.2 Å². The molecule has 1 aromatic heterocycles. The number of rotatable bonds is 5. The molecule has 0 aliphatic heterocycles. The van der Waals surface area contributed by atoms with E-state index in [0.29, 0.717) is 17.4 Å². The Morgan fingerprint density at radius 3 is 2.55 bits per heavy atom. The van der Waals surface area contributed by atoms with Crippen LogP contribution in [-0.4, -0.2) is 25.5 Å². The lowest BCUT2D eigenvalue weighted by molar-refractivity contribution is -0.155. The van der Waals surface area contributed by atoms with Crippen molar-refractivity contribution in [1.82, 2.24) is 9.71 Å². The number of hydrogen-bond acceptors (Lipinski definition) is 4. The van der Waals surface area contributed by atoms with E-state index < -0.39 is 16.6 Å². The second-order valence-electron chi connectivity index (χ2n) is 10.6. The van der Waals surface area contributed by atoms with Crippen molar-refractivity contribution >= 4 is 28.6 Å². The Morgan fingerprint density at radius 1 is 1.19 bits per heavy atom. The predicted octanol–water partition coefficient (Wildman–Crippen LogP) is 6.07. The van der Waals surface area contributed by atoms with E-state index in [1.165, 1.54) is 0 Å². The van der Waals surface area contributed by atoms with Gasteiger partial charge in [-0.2, -0.15) is 0 Å². The first-order chi connectivity index (χ1) is 14.3. The normalized spacial score (nSPS) is 21.8. The number of hydrogen-bond donors (Lipinski definition) is 1. The van der Waals surface area contributed by atoms with Crippen LogP contribution in [0.5, 0.6) is 0 Å². The second-order valence-corrected chi connectivity index (χ2v) is 13.0. The molecule has 0 radical (unpaired) electrons. The van der Waals surface area contributed by atoms with Gasteiger partial charge in [0.1, 0.15) is 5.60 Å². The van der Waals surface area contributed by atoms with Crippen LogP contribution in [-0.2, 0) is 26.9 Å². The number of carbonyl (C=O) groups is 1. The number of nitrogens with zero attached hydrogens (tertiary/aromatic N) is 1. The van der Waals surface area contributed by atoms with Gasteiger partial charge in [0.05, 0.1) is 20.8 Å². The average Bonchev–Trinajstić information content (AvgIpc) is 2.63. The lowest BCUT2D eigenvalue weighted by Gasteiger charge is -2.28. The summed E-state index contributed by atoms with van der Waals surface area (Å²) in [4.78, 5) is 16.8. The number of nitrogens with one attached hydrogen (secondary N) is 1. The molecule has 2 rings (SSSR count). The molecule has 1 aliphatic rings. The number of pyridine rings is 1. The lowest BCUT2D eigenvalue weighted by Crippen LogP contribution is -2.36. The van der Waals surface area contributed by atoms with Gasteiger partial charge in [-0.25, -0.2) is 8.93 Å². The number of aromatic nitrogens is 1. The van der Waals surface area contributed by atoms with E-state index in [1.54, 1.807) is 6.20 Å². The average molecular weight is 471 g/mol. The molecule has 176 valence electrons. The summed E-state index contributed by atoms with van der Waals surface area (Å²) in [6.07, 6.45) is 8.86. The molecule has 0 saturated heterocycles. The van der Waals surface area contributed by atoms with Gasteiger partial charge in [-0.3, -0.25) is 9.78 Å². The molecule has 1 aromatic rings. The molecule has 0 spiro atoms. The summed E-state index contributed by atoms with van der Waals surface area (Å²) in [5, 5.41) is 0.602. The molecule has 1 N–H and O–H groups in total. The number of halogens is 1. The number of aryl methyl sites for hydroxylation is 1. The molecule has 7 heteroatoms. The lowest BCUT2D eigenvalue weighted by atomic mass is 9.86. The van der Waals surface area contributed by atoms with E-state index in [9.17, 15) is 9.00 Å². The number of fused-ring (bicyclic) bond motifs is 1. The molecule has 0 saturated carbocycles. The third kappa shape index (κ3) is 9.19. The van der Waals surface area contributed by atoms with E-state index in [2.05, 4.69) is 9.71 Å². The third-order valence-corrected chi connectivity index (χ3v) is 7.29. The molecular formula is C24H39ClN2O3S. The monoisotopic (exact) mass is 470 g/mol. The summed E-state index contributed by atoms with van der Waals surface area (Å²) in [6.45, 7) is 11.6. The molecule has 1 aliphatic carbocycles. The molecule has 1 heterocycles. The Bertz CT molecular complexity index is 771. The first-order valence-corrected chi connectivity index (χ1v) is 12.9. The fourth-order valence-electron chi connectivity index (χ4n) is 3.85. The third-order valence-electron chi connectivity index (χ3n) is 5.47. The minimum atomic E-state index is -1.20. The molecule has 1 unspecified atom stereocenters. The van der Waals surface area contributed by atoms with Crippen LogP contribution < -0.4 is 4.72 Å². The first kappa shape index (κ1) is 26.3. The van der Waals surface area contributed by atoms with Crippen LogP contribution in [0.3, 0.4) is 0 Å². The van der Waals surface area contributed by atoms with Gasteiger partial charge in [-0.15, -0.1) is 0 Å². The van der Waals surface area contributed by atoms with Crippen molar-refractivity contribution < 1.29 is 13.7 Å². The Kier molecular flexibility index (Phi) is 9.53. The molecule has 5 nitrogen and oxygen atoms in total. The van der Waals surface area contributed by atoms with Gasteiger partial charge in [0, 0.05) is 24.4 Å². The Morgan fingerprint density at radius 2 is 1.90 bits per heavy atom. The van der Waals surface area contributed by atoms with Gasteiger partial charge in [-0.05, 0) is 91.2 Å². The Balaban J connectivity index is 2.15. The molecule has 0 bridgehead atoms. The number of carbonyl (C=O) groups excluding carboxylic acids is 1. The van der Waals surface area contributed by atoms with Crippen LogP contribution in [0, 0.1) is 5.92 Å². The van der Waals surface area contributed by atoms with E-state index >= 15 is 0 Å². The van der Waals surface area contributed by atoms with Crippen LogP contribution in [0.15, 0.2) is 12.3 Å². The SMILES string of the molecule is CC(C)(C)OC(=O)CCC1CCCCc2ncc(Cl)cc2[C@H](N[S@](=O)C(C)(C)C)CC1. The van der Waals surface area contributed by atoms with Crippen LogP contribution >= 0.6 is 11.6 Å². The van der Waals surface area contributed by atoms with Crippen LogP contribution in [0.2, 0.25) is 5.02 Å². The summed E-state index contributed by atoms with van der Waals surface area (Å²) in [5.74, 6) is 0.308. The standard InChI is InChI=1S/C24H39ClN2O3S/c1-23(2,3)30-22(28)14-12-17-9-7-8-10-20-19(15-18(25)16-26-20)21(13-11-17)27-31(29)24(4,5)6/h15-17,21,27H,7-14H2,1-6H3/t17?,21-,31-/m1/s1. The highest BCUT2D eigenvalue weighted by Crippen LogP contribution is 2.32. The zero-order chi connectivity index (χ0) is 23.2. The molecule has 0 amide bonds. The van der Waals surface area contributed by atoms with Crippen molar-refractivity contribution in [3.63, 3.8) is 0 Å². The van der Waals surface area contributed by atoms with Gasteiger partial charge in [0.15, 0.2) is 0 Å². The molecule has 31 heavy (non-hydrogen) atoms. The quantitative estimate of drug-likeness (QED) is 0.530. The van der Waals surface area contributed by atoms with Gasteiger partial charge >= 0.3 is 5.97 Å². The predicted molar refractivity (Wildman–Crippen MR) is 128 cm³/mol. The Labute approximate surface area is 195 Å². The van der Waals surface area contributed by atoms with Crippen molar-refractivity contribution in [2.24, 2.45) is 5.92 Å². The van der Waals surface area contributed by atoms with Crippen LogP contribution in [0.4, 0.5) is 0 Å². The minimum absolute atomic E-state index is 0.0802. The van der Waals surface area contributed by atoms with Crippen molar-refractivity contribution in [3.8, 4) is 0 Å². The fraction of sp³-hybridized carbons (Fsp3) is 0.750. The number of esters is 1. The Hall–Kier alpha value is -0.980. The highest BCUT2D eigenvalue weighted by molar-refractivity contribution is 7.84. The molecular weight excluding hydrogens is 432 g/mol. The van der Waals surface area contributed by atoms with Gasteiger partial charge < -0.3 is 4.74 Å². The smallest absolute Gasteiger partial charge is 0.306 e.